The van der Waals surface area contributed by atoms with Gasteiger partial charge in [-0.25, -0.2) is 8.42 Å². The number of carbonyl (C=O) groups excluding carboxylic acids is 1. The number of benzene rings is 1. The first kappa shape index (κ1) is 18.0. The van der Waals surface area contributed by atoms with Crippen molar-refractivity contribution in [1.29, 1.82) is 0 Å². The first-order valence-electron chi connectivity index (χ1n) is 6.17. The fourth-order valence-corrected chi connectivity index (χ4v) is 3.89. The van der Waals surface area contributed by atoms with Crippen LogP contribution in [0.1, 0.15) is 13.3 Å². The SMILES string of the molecule is CCCNC(=O)CN(C)S(=O)(=O)c1c(Cl)cc(N)cc1Cl. The van der Waals surface area contributed by atoms with Crippen LogP contribution in [-0.2, 0) is 14.8 Å². The third-order valence-electron chi connectivity index (χ3n) is 2.63. The van der Waals surface area contributed by atoms with E-state index in [4.69, 9.17) is 28.9 Å². The van der Waals surface area contributed by atoms with Crippen molar-refractivity contribution in [2.45, 2.75) is 18.2 Å². The second-order valence-corrected chi connectivity index (χ2v) is 7.22. The van der Waals surface area contributed by atoms with Gasteiger partial charge in [0.25, 0.3) is 0 Å². The van der Waals surface area contributed by atoms with E-state index in [9.17, 15) is 13.2 Å². The second kappa shape index (κ2) is 7.31. The number of sulfonamides is 1. The highest BCUT2D eigenvalue weighted by Crippen LogP contribution is 2.33. The van der Waals surface area contributed by atoms with Crippen LogP contribution >= 0.6 is 23.2 Å². The van der Waals surface area contributed by atoms with Gasteiger partial charge in [-0.3, -0.25) is 4.79 Å². The van der Waals surface area contributed by atoms with E-state index in [1.54, 1.807) is 0 Å². The van der Waals surface area contributed by atoms with Crippen molar-refractivity contribution in [3.8, 4) is 0 Å². The molecule has 6 nitrogen and oxygen atoms in total. The molecule has 9 heteroatoms. The Bertz CT molecular complexity index is 612. The van der Waals surface area contributed by atoms with Crippen LogP contribution in [0.5, 0.6) is 0 Å². The largest absolute Gasteiger partial charge is 0.399 e. The normalized spacial score (nSPS) is 11.7. The molecule has 0 bridgehead atoms. The van der Waals surface area contributed by atoms with Crippen LogP contribution in [0.15, 0.2) is 17.0 Å². The van der Waals surface area contributed by atoms with Gasteiger partial charge in [0.05, 0.1) is 16.6 Å². The van der Waals surface area contributed by atoms with Crippen molar-refractivity contribution in [3.63, 3.8) is 0 Å². The van der Waals surface area contributed by atoms with Crippen molar-refractivity contribution < 1.29 is 13.2 Å². The van der Waals surface area contributed by atoms with E-state index < -0.39 is 15.9 Å². The number of carbonyl (C=O) groups is 1. The molecule has 118 valence electrons. The second-order valence-electron chi connectivity index (χ2n) is 4.42. The number of rotatable bonds is 6. The number of amides is 1. The van der Waals surface area contributed by atoms with Gasteiger partial charge in [-0.05, 0) is 18.6 Å². The monoisotopic (exact) mass is 353 g/mol. The number of nitrogens with one attached hydrogen (secondary N) is 1. The Morgan fingerprint density at radius 3 is 2.33 bits per heavy atom. The fraction of sp³-hybridized carbons (Fsp3) is 0.417. The third kappa shape index (κ3) is 4.47. The summed E-state index contributed by atoms with van der Waals surface area (Å²) in [7, 11) is -2.70. The van der Waals surface area contributed by atoms with Crippen molar-refractivity contribution in [2.75, 3.05) is 25.9 Å². The predicted octanol–water partition coefficient (Wildman–Crippen LogP) is 1.72. The highest BCUT2D eigenvalue weighted by molar-refractivity contribution is 7.89. The number of hydrogen-bond acceptors (Lipinski definition) is 4. The minimum Gasteiger partial charge on any atom is -0.399 e. The van der Waals surface area contributed by atoms with Crippen LogP contribution < -0.4 is 11.1 Å². The number of nitrogens with zero attached hydrogens (tertiary/aromatic N) is 1. The van der Waals surface area contributed by atoms with Gasteiger partial charge < -0.3 is 11.1 Å². The van der Waals surface area contributed by atoms with Gasteiger partial charge in [-0.1, -0.05) is 30.1 Å². The zero-order chi connectivity index (χ0) is 16.2. The number of hydrogen-bond donors (Lipinski definition) is 2. The predicted molar refractivity (Wildman–Crippen MR) is 84.0 cm³/mol. The lowest BCUT2D eigenvalue weighted by Gasteiger charge is -2.18. The summed E-state index contributed by atoms with van der Waals surface area (Å²) < 4.78 is 25.8. The van der Waals surface area contributed by atoms with Gasteiger partial charge in [0.2, 0.25) is 15.9 Å². The lowest BCUT2D eigenvalue weighted by molar-refractivity contribution is -0.121. The molecule has 0 aliphatic rings. The third-order valence-corrected chi connectivity index (χ3v) is 5.35. The molecule has 0 atom stereocenters. The number of nitrogens with two attached hydrogens (primary N) is 1. The van der Waals surface area contributed by atoms with Gasteiger partial charge >= 0.3 is 0 Å². The number of anilines is 1. The molecule has 0 aliphatic heterocycles. The maximum absolute atomic E-state index is 12.4. The molecule has 1 amide bonds. The van der Waals surface area contributed by atoms with E-state index in [-0.39, 0.29) is 27.2 Å². The Morgan fingerprint density at radius 1 is 1.33 bits per heavy atom. The van der Waals surface area contributed by atoms with Crippen LogP contribution in [0.2, 0.25) is 10.0 Å². The van der Waals surface area contributed by atoms with E-state index in [2.05, 4.69) is 5.32 Å². The maximum atomic E-state index is 12.4. The van der Waals surface area contributed by atoms with E-state index in [0.29, 0.717) is 6.54 Å². The van der Waals surface area contributed by atoms with Crippen LogP contribution in [0.25, 0.3) is 0 Å². The van der Waals surface area contributed by atoms with Gasteiger partial charge in [0, 0.05) is 19.3 Å². The van der Waals surface area contributed by atoms with E-state index in [1.807, 2.05) is 6.92 Å². The highest BCUT2D eigenvalue weighted by atomic mass is 35.5. The molecule has 3 N–H and O–H groups in total. The van der Waals surface area contributed by atoms with E-state index in [0.717, 1.165) is 10.7 Å². The molecule has 1 aromatic carbocycles. The number of nitrogen functional groups attached to an aromatic ring is 1. The van der Waals surface area contributed by atoms with Crippen LogP contribution in [-0.4, -0.2) is 38.8 Å². The first-order chi connectivity index (χ1) is 9.70. The molecule has 1 rings (SSSR count). The quantitative estimate of drug-likeness (QED) is 0.761. The summed E-state index contributed by atoms with van der Waals surface area (Å²) in [5, 5.41) is 2.43. The smallest absolute Gasteiger partial charge is 0.246 e. The van der Waals surface area contributed by atoms with Crippen LogP contribution in [0.4, 0.5) is 5.69 Å². The molecule has 21 heavy (non-hydrogen) atoms. The summed E-state index contributed by atoms with van der Waals surface area (Å²) in [5.74, 6) is -0.398. The summed E-state index contributed by atoms with van der Waals surface area (Å²) in [6.07, 6.45) is 0.762. The molecular formula is C12H17Cl2N3O3S. The maximum Gasteiger partial charge on any atom is 0.246 e. The standard InChI is InChI=1S/C12H17Cl2N3O3S/c1-3-4-16-11(18)7-17(2)21(19,20)12-9(13)5-8(15)6-10(12)14/h5-6H,3-4,7,15H2,1-2H3,(H,16,18). The van der Waals surface area contributed by atoms with Crippen molar-refractivity contribution >= 4 is 44.8 Å². The Balaban J connectivity index is 3.03. The Labute approximate surface area is 134 Å². The minimum atomic E-state index is -3.98. The number of likely N-dealkylation sites (N-methyl/N-ethyl adjacent to an activating group) is 1. The van der Waals surface area contributed by atoms with E-state index in [1.165, 1.54) is 19.2 Å². The molecular weight excluding hydrogens is 337 g/mol. The lowest BCUT2D eigenvalue weighted by Crippen LogP contribution is -2.38. The molecule has 0 radical (unpaired) electrons. The van der Waals surface area contributed by atoms with Gasteiger partial charge in [0.15, 0.2) is 0 Å². The van der Waals surface area contributed by atoms with E-state index >= 15 is 0 Å². The average molecular weight is 354 g/mol. The zero-order valence-corrected chi connectivity index (χ0v) is 14.0. The van der Waals surface area contributed by atoms with Crippen molar-refractivity contribution in [2.24, 2.45) is 0 Å². The summed E-state index contributed by atoms with van der Waals surface area (Å²) in [6.45, 7) is 2.06. The topological polar surface area (TPSA) is 92.5 Å². The highest BCUT2D eigenvalue weighted by Gasteiger charge is 2.28. The Kier molecular flexibility index (Phi) is 6.27. The molecule has 0 saturated heterocycles. The molecule has 0 unspecified atom stereocenters. The first-order valence-corrected chi connectivity index (χ1v) is 8.37. The van der Waals surface area contributed by atoms with Crippen molar-refractivity contribution in [3.05, 3.63) is 22.2 Å². The van der Waals surface area contributed by atoms with Crippen LogP contribution in [0, 0.1) is 0 Å². The number of halogens is 2. The molecule has 0 spiro atoms. The van der Waals surface area contributed by atoms with Gasteiger partial charge in [-0.2, -0.15) is 4.31 Å². The summed E-state index contributed by atoms with van der Waals surface area (Å²) in [5.41, 5.74) is 5.80. The fourth-order valence-electron chi connectivity index (χ4n) is 1.59. The Hall–Kier alpha value is -1.02. The van der Waals surface area contributed by atoms with Crippen molar-refractivity contribution in [1.82, 2.24) is 9.62 Å². The lowest BCUT2D eigenvalue weighted by atomic mass is 10.3. The summed E-state index contributed by atoms with van der Waals surface area (Å²) >= 11 is 11.8. The summed E-state index contributed by atoms with van der Waals surface area (Å²) in [6, 6.07) is 2.59. The molecule has 0 aliphatic carbocycles. The average Bonchev–Trinajstić information content (AvgIpc) is 2.34. The van der Waals surface area contributed by atoms with Gasteiger partial charge in [0.1, 0.15) is 4.90 Å². The zero-order valence-electron chi connectivity index (χ0n) is 11.7. The molecule has 0 saturated carbocycles. The Morgan fingerprint density at radius 2 is 1.86 bits per heavy atom. The molecule has 1 aromatic rings. The van der Waals surface area contributed by atoms with Crippen LogP contribution in [0.3, 0.4) is 0 Å². The summed E-state index contributed by atoms with van der Waals surface area (Å²) in [4.78, 5) is 11.4. The molecule has 0 heterocycles. The molecule has 0 fully saturated rings. The van der Waals surface area contributed by atoms with Gasteiger partial charge in [-0.15, -0.1) is 0 Å². The molecule has 0 aromatic heterocycles. The minimum absolute atomic E-state index is 0.0826.